The highest BCUT2D eigenvalue weighted by molar-refractivity contribution is 7.23. The molecule has 2 aromatic heterocycles. The Morgan fingerprint density at radius 2 is 1.78 bits per heavy atom. The minimum absolute atomic E-state index is 0.182. The van der Waals surface area contributed by atoms with E-state index in [4.69, 9.17) is 0 Å². The first-order valence-electron chi connectivity index (χ1n) is 8.26. The highest BCUT2D eigenvalue weighted by Gasteiger charge is 2.34. The van der Waals surface area contributed by atoms with Crippen LogP contribution in [-0.4, -0.2) is 39.4 Å². The number of benzene rings is 1. The molecule has 0 saturated heterocycles. The van der Waals surface area contributed by atoms with Gasteiger partial charge in [0.15, 0.2) is 5.01 Å². The predicted octanol–water partition coefficient (Wildman–Crippen LogP) is 3.28. The van der Waals surface area contributed by atoms with Gasteiger partial charge >= 0.3 is 0 Å². The highest BCUT2D eigenvalue weighted by atomic mass is 32.1. The van der Waals surface area contributed by atoms with Crippen LogP contribution in [-0.2, 0) is 4.79 Å². The Bertz CT molecular complexity index is 978. The van der Waals surface area contributed by atoms with Crippen molar-refractivity contribution in [3.05, 3.63) is 52.9 Å². The zero-order valence-corrected chi connectivity index (χ0v) is 15.7. The average molecular weight is 398 g/mol. The Hall–Kier alpha value is -2.91. The van der Waals surface area contributed by atoms with E-state index in [2.05, 4.69) is 15.5 Å². The van der Waals surface area contributed by atoms with E-state index in [1.165, 1.54) is 16.2 Å². The molecule has 1 aliphatic heterocycles. The topological polar surface area (TPSA) is 92.3 Å². The summed E-state index contributed by atoms with van der Waals surface area (Å²) in [7, 11) is 0. The first-order chi connectivity index (χ1) is 13.1. The maximum Gasteiger partial charge on any atom is 0.261 e. The Balaban J connectivity index is 1.29. The number of carbonyl (C=O) groups excluding carboxylic acids is 3. The van der Waals surface area contributed by atoms with Crippen molar-refractivity contribution >= 4 is 45.5 Å². The standard InChI is InChI=1S/C18H14N4O3S2/c23-14(19-18-21-20-15(27-18)13-7-4-10-26-13)8-3-9-22-16(24)11-5-1-2-6-12(11)17(22)25/h1-2,4-7,10H,3,8-9H2,(H,19,21,23). The Morgan fingerprint density at radius 1 is 1.04 bits per heavy atom. The summed E-state index contributed by atoms with van der Waals surface area (Å²) in [6.45, 7) is 0.205. The number of imide groups is 1. The molecular formula is C18H14N4O3S2. The predicted molar refractivity (Wildman–Crippen MR) is 103 cm³/mol. The zero-order valence-electron chi connectivity index (χ0n) is 14.0. The molecule has 0 spiro atoms. The third-order valence-electron chi connectivity index (χ3n) is 4.07. The number of rotatable bonds is 6. The van der Waals surface area contributed by atoms with Crippen molar-refractivity contribution in [2.24, 2.45) is 0 Å². The van der Waals surface area contributed by atoms with Gasteiger partial charge in [0.1, 0.15) is 0 Å². The van der Waals surface area contributed by atoms with E-state index < -0.39 is 0 Å². The molecule has 0 fully saturated rings. The maximum atomic E-state index is 12.3. The lowest BCUT2D eigenvalue weighted by molar-refractivity contribution is -0.116. The first kappa shape index (κ1) is 17.5. The summed E-state index contributed by atoms with van der Waals surface area (Å²) < 4.78 is 0. The second kappa shape index (κ2) is 7.37. The SMILES string of the molecule is O=C(CCCN1C(=O)c2ccccc2C1=O)Nc1nnc(-c2cccs2)s1. The van der Waals surface area contributed by atoms with Crippen LogP contribution in [0.1, 0.15) is 33.6 Å². The van der Waals surface area contributed by atoms with E-state index in [0.717, 1.165) is 9.88 Å². The van der Waals surface area contributed by atoms with Crippen molar-refractivity contribution in [2.75, 3.05) is 11.9 Å². The lowest BCUT2D eigenvalue weighted by Gasteiger charge is -2.13. The summed E-state index contributed by atoms with van der Waals surface area (Å²) in [5, 5.41) is 13.9. The molecule has 3 aromatic rings. The van der Waals surface area contributed by atoms with Crippen molar-refractivity contribution in [1.29, 1.82) is 0 Å². The van der Waals surface area contributed by atoms with Crippen LogP contribution in [0.4, 0.5) is 5.13 Å². The second-order valence-electron chi connectivity index (χ2n) is 5.85. The van der Waals surface area contributed by atoms with Gasteiger partial charge in [0, 0.05) is 13.0 Å². The van der Waals surface area contributed by atoms with Crippen molar-refractivity contribution in [2.45, 2.75) is 12.8 Å². The fraction of sp³-hybridized carbons (Fsp3) is 0.167. The van der Waals surface area contributed by atoms with Gasteiger partial charge in [0.2, 0.25) is 11.0 Å². The van der Waals surface area contributed by atoms with Gasteiger partial charge < -0.3 is 5.32 Å². The van der Waals surface area contributed by atoms with Crippen LogP contribution in [0.2, 0.25) is 0 Å². The number of aromatic nitrogens is 2. The molecular weight excluding hydrogens is 384 g/mol. The summed E-state index contributed by atoms with van der Waals surface area (Å²) >= 11 is 2.86. The minimum atomic E-state index is -0.305. The second-order valence-corrected chi connectivity index (χ2v) is 7.77. The normalized spacial score (nSPS) is 13.1. The molecule has 27 heavy (non-hydrogen) atoms. The molecule has 136 valence electrons. The fourth-order valence-corrected chi connectivity index (χ4v) is 4.35. The molecule has 0 bridgehead atoms. The van der Waals surface area contributed by atoms with Crippen LogP contribution in [0.25, 0.3) is 9.88 Å². The van der Waals surface area contributed by atoms with E-state index in [9.17, 15) is 14.4 Å². The minimum Gasteiger partial charge on any atom is -0.301 e. The van der Waals surface area contributed by atoms with E-state index in [0.29, 0.717) is 22.7 Å². The number of carbonyl (C=O) groups is 3. The number of amides is 3. The van der Waals surface area contributed by atoms with Crippen molar-refractivity contribution in [3.8, 4) is 9.88 Å². The summed E-state index contributed by atoms with van der Waals surface area (Å²) in [4.78, 5) is 38.9. The maximum absolute atomic E-state index is 12.3. The largest absolute Gasteiger partial charge is 0.301 e. The molecule has 0 saturated carbocycles. The van der Waals surface area contributed by atoms with E-state index in [1.807, 2.05) is 17.5 Å². The van der Waals surface area contributed by atoms with Crippen LogP contribution < -0.4 is 5.32 Å². The van der Waals surface area contributed by atoms with Gasteiger partial charge in [-0.25, -0.2) is 0 Å². The quantitative estimate of drug-likeness (QED) is 0.643. The van der Waals surface area contributed by atoms with E-state index >= 15 is 0 Å². The summed E-state index contributed by atoms with van der Waals surface area (Å²) in [6, 6.07) is 10.6. The van der Waals surface area contributed by atoms with Crippen molar-refractivity contribution in [1.82, 2.24) is 15.1 Å². The highest BCUT2D eigenvalue weighted by Crippen LogP contribution is 2.29. The molecule has 3 heterocycles. The number of hydrogen-bond donors (Lipinski definition) is 1. The molecule has 1 aliphatic rings. The monoisotopic (exact) mass is 398 g/mol. The smallest absolute Gasteiger partial charge is 0.261 e. The van der Waals surface area contributed by atoms with Gasteiger partial charge in [0.25, 0.3) is 11.8 Å². The Morgan fingerprint density at radius 3 is 2.44 bits per heavy atom. The number of nitrogens with zero attached hydrogens (tertiary/aromatic N) is 3. The number of hydrogen-bond acceptors (Lipinski definition) is 7. The van der Waals surface area contributed by atoms with Crippen LogP contribution in [0.3, 0.4) is 0 Å². The molecule has 0 unspecified atom stereocenters. The van der Waals surface area contributed by atoms with Crippen molar-refractivity contribution in [3.63, 3.8) is 0 Å². The molecule has 0 aliphatic carbocycles. The molecule has 1 aromatic carbocycles. The summed E-state index contributed by atoms with van der Waals surface area (Å²) in [5.41, 5.74) is 0.837. The number of anilines is 1. The fourth-order valence-electron chi connectivity index (χ4n) is 2.80. The summed E-state index contributed by atoms with van der Waals surface area (Å²) in [5.74, 6) is -0.832. The third-order valence-corrected chi connectivity index (χ3v) is 5.94. The zero-order chi connectivity index (χ0) is 18.8. The van der Waals surface area contributed by atoms with Gasteiger partial charge in [-0.15, -0.1) is 21.5 Å². The van der Waals surface area contributed by atoms with Gasteiger partial charge in [0.05, 0.1) is 16.0 Å². The summed E-state index contributed by atoms with van der Waals surface area (Å²) in [6.07, 6.45) is 0.565. The molecule has 4 rings (SSSR count). The van der Waals surface area contributed by atoms with E-state index in [-0.39, 0.29) is 30.7 Å². The van der Waals surface area contributed by atoms with Gasteiger partial charge in [-0.3, -0.25) is 19.3 Å². The lowest BCUT2D eigenvalue weighted by atomic mass is 10.1. The van der Waals surface area contributed by atoms with Gasteiger partial charge in [-0.2, -0.15) is 0 Å². The average Bonchev–Trinajstić information content (AvgIpc) is 3.39. The Kier molecular flexibility index (Phi) is 4.78. The van der Waals surface area contributed by atoms with Crippen LogP contribution in [0.5, 0.6) is 0 Å². The van der Waals surface area contributed by atoms with Crippen LogP contribution >= 0.6 is 22.7 Å². The van der Waals surface area contributed by atoms with Crippen molar-refractivity contribution < 1.29 is 14.4 Å². The molecule has 0 atom stereocenters. The van der Waals surface area contributed by atoms with Gasteiger partial charge in [-0.05, 0) is 30.0 Å². The number of thiophene rings is 1. The molecule has 7 nitrogen and oxygen atoms in total. The number of nitrogens with one attached hydrogen (secondary N) is 1. The number of fused-ring (bicyclic) bond motifs is 1. The molecule has 1 N–H and O–H groups in total. The van der Waals surface area contributed by atoms with E-state index in [1.54, 1.807) is 35.6 Å². The molecule has 9 heteroatoms. The third kappa shape index (κ3) is 3.51. The molecule has 0 radical (unpaired) electrons. The Labute approximate surface area is 162 Å². The van der Waals surface area contributed by atoms with Gasteiger partial charge in [-0.1, -0.05) is 29.5 Å². The first-order valence-corrected chi connectivity index (χ1v) is 9.95. The lowest BCUT2D eigenvalue weighted by Crippen LogP contribution is -2.31. The van der Waals surface area contributed by atoms with Crippen LogP contribution in [0, 0.1) is 0 Å². The van der Waals surface area contributed by atoms with Crippen LogP contribution in [0.15, 0.2) is 41.8 Å². The molecule has 3 amide bonds.